The van der Waals surface area contributed by atoms with E-state index in [1.165, 1.54) is 6.92 Å². The molecule has 1 heterocycles. The number of amides is 1. The van der Waals surface area contributed by atoms with Gasteiger partial charge >= 0.3 is 5.97 Å². The molecule has 0 radical (unpaired) electrons. The second-order valence-electron chi connectivity index (χ2n) is 3.53. The van der Waals surface area contributed by atoms with Crippen molar-refractivity contribution in [3.8, 4) is 0 Å². The molecule has 0 unspecified atom stereocenters. The minimum absolute atomic E-state index is 0.113. The molecular weight excluding hydrogens is 214 g/mol. The molecule has 1 saturated heterocycles. The Morgan fingerprint density at radius 3 is 2.88 bits per heavy atom. The van der Waals surface area contributed by atoms with Crippen molar-refractivity contribution in [1.82, 2.24) is 4.90 Å². The molecule has 0 spiro atoms. The highest BCUT2D eigenvalue weighted by molar-refractivity contribution is 5.86. The van der Waals surface area contributed by atoms with E-state index < -0.39 is 5.97 Å². The summed E-state index contributed by atoms with van der Waals surface area (Å²) in [7, 11) is 0. The summed E-state index contributed by atoms with van der Waals surface area (Å²) in [6, 6.07) is 0. The van der Waals surface area contributed by atoms with Gasteiger partial charge in [-0.25, -0.2) is 4.79 Å². The standard InChI is InChI=1S/C10H15NO5/c1-8(2)10(13)15-16-14-7-6-11-5-3-4-9(11)12/h1,3-7H2,2H3. The number of hydrogen-bond acceptors (Lipinski definition) is 5. The van der Waals surface area contributed by atoms with Crippen LogP contribution in [-0.4, -0.2) is 36.5 Å². The fourth-order valence-electron chi connectivity index (χ4n) is 1.25. The van der Waals surface area contributed by atoms with Crippen LogP contribution in [0.4, 0.5) is 0 Å². The number of carbonyl (C=O) groups is 2. The van der Waals surface area contributed by atoms with E-state index in [9.17, 15) is 9.59 Å². The monoisotopic (exact) mass is 229 g/mol. The Balaban J connectivity index is 2.02. The van der Waals surface area contributed by atoms with Gasteiger partial charge in [-0.1, -0.05) is 6.58 Å². The molecule has 6 heteroatoms. The van der Waals surface area contributed by atoms with E-state index in [-0.39, 0.29) is 18.1 Å². The summed E-state index contributed by atoms with van der Waals surface area (Å²) in [4.78, 5) is 32.5. The fraction of sp³-hybridized carbons (Fsp3) is 0.600. The molecule has 0 bridgehead atoms. The molecule has 1 aliphatic heterocycles. The first kappa shape index (κ1) is 12.7. The van der Waals surface area contributed by atoms with Crippen LogP contribution in [0.25, 0.3) is 0 Å². The van der Waals surface area contributed by atoms with Gasteiger partial charge < -0.3 is 4.90 Å². The van der Waals surface area contributed by atoms with Crippen LogP contribution >= 0.6 is 0 Å². The number of hydrogen-bond donors (Lipinski definition) is 0. The molecule has 6 nitrogen and oxygen atoms in total. The van der Waals surface area contributed by atoms with Crippen LogP contribution in [0.5, 0.6) is 0 Å². The third-order valence-corrected chi connectivity index (χ3v) is 2.12. The lowest BCUT2D eigenvalue weighted by molar-refractivity contribution is -0.485. The molecule has 1 amide bonds. The second kappa shape index (κ2) is 6.24. The largest absolute Gasteiger partial charge is 0.371 e. The summed E-state index contributed by atoms with van der Waals surface area (Å²) in [5.41, 5.74) is 0.221. The Hall–Kier alpha value is -1.40. The Labute approximate surface area is 93.6 Å². The lowest BCUT2D eigenvalue weighted by Gasteiger charge is -2.13. The summed E-state index contributed by atoms with van der Waals surface area (Å²) >= 11 is 0. The van der Waals surface area contributed by atoms with E-state index in [1.807, 2.05) is 0 Å². The quantitative estimate of drug-likeness (QED) is 0.289. The molecule has 0 aliphatic carbocycles. The van der Waals surface area contributed by atoms with Gasteiger partial charge in [-0.15, -0.1) is 0 Å². The van der Waals surface area contributed by atoms with E-state index in [0.29, 0.717) is 13.0 Å². The third-order valence-electron chi connectivity index (χ3n) is 2.12. The average Bonchev–Trinajstić information content (AvgIpc) is 2.63. The maximum Gasteiger partial charge on any atom is 0.371 e. The molecule has 1 rings (SSSR count). The van der Waals surface area contributed by atoms with E-state index in [1.54, 1.807) is 4.90 Å². The lowest BCUT2D eigenvalue weighted by atomic mass is 10.4. The highest BCUT2D eigenvalue weighted by Gasteiger charge is 2.19. The normalized spacial score (nSPS) is 15.3. The lowest BCUT2D eigenvalue weighted by Crippen LogP contribution is -2.28. The number of carbonyl (C=O) groups excluding carboxylic acids is 2. The first-order valence-electron chi connectivity index (χ1n) is 5.05. The van der Waals surface area contributed by atoms with Crippen LogP contribution in [0.15, 0.2) is 12.2 Å². The van der Waals surface area contributed by atoms with Gasteiger partial charge in [0.25, 0.3) is 0 Å². The van der Waals surface area contributed by atoms with Gasteiger partial charge in [-0.05, 0) is 18.4 Å². The molecule has 0 aromatic carbocycles. The molecule has 90 valence electrons. The van der Waals surface area contributed by atoms with Crippen LogP contribution in [0, 0.1) is 0 Å². The van der Waals surface area contributed by atoms with Crippen LogP contribution in [0.1, 0.15) is 19.8 Å². The molecule has 16 heavy (non-hydrogen) atoms. The Morgan fingerprint density at radius 2 is 2.31 bits per heavy atom. The van der Waals surface area contributed by atoms with Crippen LogP contribution in [-0.2, 0) is 24.4 Å². The highest BCUT2D eigenvalue weighted by atomic mass is 17.5. The Morgan fingerprint density at radius 1 is 1.56 bits per heavy atom. The summed E-state index contributed by atoms with van der Waals surface area (Å²) in [5.74, 6) is -0.570. The molecule has 0 N–H and O–H groups in total. The third kappa shape index (κ3) is 4.00. The summed E-state index contributed by atoms with van der Waals surface area (Å²) in [5, 5.41) is 4.20. The number of nitrogens with zero attached hydrogens (tertiary/aromatic N) is 1. The maximum atomic E-state index is 11.2. The minimum Gasteiger partial charge on any atom is -0.340 e. The zero-order valence-electron chi connectivity index (χ0n) is 9.23. The van der Waals surface area contributed by atoms with E-state index in [0.717, 1.165) is 13.0 Å². The molecule has 0 aromatic rings. The van der Waals surface area contributed by atoms with Crippen molar-refractivity contribution < 1.29 is 24.4 Å². The molecule has 1 aliphatic rings. The highest BCUT2D eigenvalue weighted by Crippen LogP contribution is 2.08. The van der Waals surface area contributed by atoms with Gasteiger partial charge in [-0.3, -0.25) is 9.68 Å². The Bertz CT molecular complexity index is 289. The van der Waals surface area contributed by atoms with Crippen molar-refractivity contribution in [3.63, 3.8) is 0 Å². The molecule has 0 aromatic heterocycles. The van der Waals surface area contributed by atoms with E-state index in [4.69, 9.17) is 0 Å². The van der Waals surface area contributed by atoms with Crippen molar-refractivity contribution in [2.45, 2.75) is 19.8 Å². The molecule has 1 fully saturated rings. The van der Waals surface area contributed by atoms with Crippen molar-refractivity contribution in [1.29, 1.82) is 0 Å². The SMILES string of the molecule is C=C(C)C(=O)OOOCCN1CCCC1=O. The van der Waals surface area contributed by atoms with E-state index >= 15 is 0 Å². The van der Waals surface area contributed by atoms with Crippen LogP contribution < -0.4 is 0 Å². The average molecular weight is 229 g/mol. The predicted molar refractivity (Wildman–Crippen MR) is 53.8 cm³/mol. The van der Waals surface area contributed by atoms with Crippen molar-refractivity contribution >= 4 is 11.9 Å². The van der Waals surface area contributed by atoms with Crippen molar-refractivity contribution in [2.24, 2.45) is 0 Å². The summed E-state index contributed by atoms with van der Waals surface area (Å²) in [6.45, 7) is 6.20. The topological polar surface area (TPSA) is 65.1 Å². The van der Waals surface area contributed by atoms with Gasteiger partial charge in [0.2, 0.25) is 5.91 Å². The Kier molecular flexibility index (Phi) is 4.94. The molecule has 0 atom stereocenters. The zero-order chi connectivity index (χ0) is 12.0. The van der Waals surface area contributed by atoms with Crippen molar-refractivity contribution in [3.05, 3.63) is 12.2 Å². The van der Waals surface area contributed by atoms with Gasteiger partial charge in [0, 0.05) is 25.1 Å². The van der Waals surface area contributed by atoms with Gasteiger partial charge in [0.15, 0.2) is 0 Å². The minimum atomic E-state index is -0.683. The molecular formula is C10H15NO5. The first-order valence-corrected chi connectivity index (χ1v) is 5.05. The number of rotatable bonds is 6. The molecule has 0 saturated carbocycles. The van der Waals surface area contributed by atoms with Crippen LogP contribution in [0.2, 0.25) is 0 Å². The summed E-state index contributed by atoms with van der Waals surface area (Å²) < 4.78 is 0. The maximum absolute atomic E-state index is 11.2. The number of likely N-dealkylation sites (tertiary alicyclic amines) is 1. The summed E-state index contributed by atoms with van der Waals surface area (Å²) in [6.07, 6.45) is 1.47. The van der Waals surface area contributed by atoms with Gasteiger partial charge in [-0.2, -0.15) is 4.89 Å². The van der Waals surface area contributed by atoms with Crippen LogP contribution in [0.3, 0.4) is 0 Å². The van der Waals surface area contributed by atoms with E-state index in [2.05, 4.69) is 21.4 Å². The van der Waals surface area contributed by atoms with Gasteiger partial charge in [0.1, 0.15) is 6.61 Å². The first-order chi connectivity index (χ1) is 7.61. The second-order valence-corrected chi connectivity index (χ2v) is 3.53. The predicted octanol–water partition coefficient (Wildman–Crippen LogP) is 0.591. The fourth-order valence-corrected chi connectivity index (χ4v) is 1.25. The smallest absolute Gasteiger partial charge is 0.340 e. The van der Waals surface area contributed by atoms with Crippen molar-refractivity contribution in [2.75, 3.05) is 19.7 Å². The van der Waals surface area contributed by atoms with Gasteiger partial charge in [0.05, 0.1) is 0 Å². The zero-order valence-corrected chi connectivity index (χ0v) is 9.23.